The van der Waals surface area contributed by atoms with Gasteiger partial charge in [-0.2, -0.15) is 8.42 Å². The van der Waals surface area contributed by atoms with E-state index in [0.29, 0.717) is 33.3 Å². The summed E-state index contributed by atoms with van der Waals surface area (Å²) in [4.78, 5) is 31.6. The van der Waals surface area contributed by atoms with E-state index in [2.05, 4.69) is 15.3 Å². The van der Waals surface area contributed by atoms with E-state index < -0.39 is 20.7 Å². The highest BCUT2D eigenvalue weighted by molar-refractivity contribution is 7.86. The molecule has 0 unspecified atom stereocenters. The summed E-state index contributed by atoms with van der Waals surface area (Å²) in [5.74, 6) is -0.530. The van der Waals surface area contributed by atoms with Crippen molar-refractivity contribution in [2.24, 2.45) is 0 Å². The molecule has 0 aliphatic carbocycles. The summed E-state index contributed by atoms with van der Waals surface area (Å²) in [6.07, 6.45) is -0.126. The number of aromatic amines is 1. The number of nitrogens with one attached hydrogen (secondary N) is 2. The van der Waals surface area contributed by atoms with Gasteiger partial charge in [-0.05, 0) is 42.3 Å². The van der Waals surface area contributed by atoms with Crippen molar-refractivity contribution in [1.82, 2.24) is 15.3 Å². The normalized spacial score (nSPS) is 10.9. The lowest BCUT2D eigenvalue weighted by atomic mass is 10.0. The molecule has 0 aliphatic rings. The summed E-state index contributed by atoms with van der Waals surface area (Å²) in [5, 5.41) is 2.53. The Morgan fingerprint density at radius 3 is 2.24 bits per heavy atom. The number of nitrogens with zero attached hydrogens (tertiary/aromatic N) is 1. The Bertz CT molecular complexity index is 1700. The molecule has 0 saturated heterocycles. The van der Waals surface area contributed by atoms with Crippen LogP contribution in [0.3, 0.4) is 0 Å². The number of hydrogen-bond acceptors (Lipinski definition) is 8. The molecule has 192 valence electrons. The number of benzene rings is 3. The van der Waals surface area contributed by atoms with Crippen molar-refractivity contribution < 1.29 is 35.2 Å². The second kappa shape index (κ2) is 11.2. The highest BCUT2D eigenvalue weighted by atomic mass is 32.2. The lowest BCUT2D eigenvalue weighted by Gasteiger charge is -2.10. The smallest absolute Gasteiger partial charge is 0.355 e. The number of aryl methyl sites for hydroxylation is 1. The Morgan fingerprint density at radius 1 is 1.00 bits per heavy atom. The van der Waals surface area contributed by atoms with Crippen molar-refractivity contribution in [3.05, 3.63) is 83.2 Å². The van der Waals surface area contributed by atoms with Crippen LogP contribution in [0.5, 0.6) is 0 Å². The van der Waals surface area contributed by atoms with E-state index in [1.54, 1.807) is 42.5 Å². The molecule has 4 rings (SSSR count). The largest absolute Gasteiger partial charge is 0.425 e. The number of ketones is 1. The molecule has 3 N–H and O–H groups in total. The molecule has 37 heavy (non-hydrogen) atoms. The second-order valence-corrected chi connectivity index (χ2v) is 9.67. The summed E-state index contributed by atoms with van der Waals surface area (Å²) >= 11 is 0. The van der Waals surface area contributed by atoms with Gasteiger partial charge in [0.05, 0.1) is 11.0 Å². The van der Waals surface area contributed by atoms with E-state index in [-0.39, 0.29) is 28.8 Å². The van der Waals surface area contributed by atoms with Crippen LogP contribution < -0.4 is 5.32 Å². The molecule has 0 bridgehead atoms. The number of imidazole rings is 1. The third-order valence-corrected chi connectivity index (χ3v) is 6.18. The van der Waals surface area contributed by atoms with Crippen LogP contribution >= 0.6 is 0 Å². The Hall–Kier alpha value is -4.20. The average molecular weight is 544 g/mol. The third kappa shape index (κ3) is 6.94. The molecule has 13 heteroatoms. The fourth-order valence-corrected chi connectivity index (χ4v) is 4.32. The maximum atomic E-state index is 12.8. The molecule has 0 atom stereocenters. The Kier molecular flexibility index (Phi) is 8.32. The van der Waals surface area contributed by atoms with Crippen LogP contribution in [0.4, 0.5) is 0 Å². The monoisotopic (exact) mass is 543 g/mol. The van der Waals surface area contributed by atoms with E-state index in [9.17, 15) is 22.6 Å². The molecule has 11 nitrogen and oxygen atoms in total. The van der Waals surface area contributed by atoms with Gasteiger partial charge in [0, 0.05) is 24.6 Å². The number of Topliss-reactive ketones (excluding diaryl/α,β-unsaturated/α-hetero) is 1. The highest BCUT2D eigenvalue weighted by Gasteiger charge is 2.20. The molecule has 1 aromatic heterocycles. The van der Waals surface area contributed by atoms with Crippen LogP contribution in [0.15, 0.2) is 65.6 Å². The number of hydrogen-bond donors (Lipinski definition) is 3. The zero-order valence-corrected chi connectivity index (χ0v) is 21.2. The van der Waals surface area contributed by atoms with Gasteiger partial charge < -0.3 is 10.3 Å². The first-order valence-electron chi connectivity index (χ1n) is 10.6. The van der Waals surface area contributed by atoms with Crippen LogP contribution in [0.25, 0.3) is 22.2 Å². The first-order chi connectivity index (χ1) is 17.4. The summed E-state index contributed by atoms with van der Waals surface area (Å²) in [6.45, 7) is 1.92. The number of aromatic nitrogens is 2. The topological polar surface area (TPSA) is 180 Å². The minimum Gasteiger partial charge on any atom is -0.355 e. The zero-order chi connectivity index (χ0) is 27.3. The maximum absolute atomic E-state index is 12.8. The van der Waals surface area contributed by atoms with Crippen molar-refractivity contribution in [3.8, 4) is 11.1 Å². The molecular formula is C24H21N3O8S2. The van der Waals surface area contributed by atoms with E-state index in [0.717, 1.165) is 5.56 Å². The van der Waals surface area contributed by atoms with Gasteiger partial charge in [0.1, 0.15) is 4.90 Å². The molecule has 1 amide bonds. The standard InChI is InChI=1S/C24H21N3O5S.O3S/c1-14-3-6-16(7-4-14)18-9-5-15(12-22(18)33(30,31)32)11-21(28)23-26-19-10-8-17(24(29)25-2)13-20(19)27-23;1-4(2)3/h3-10,12-13H,11H2,1-2H3,(H,25,29)(H,26,27)(H,30,31,32);. The predicted octanol–water partition coefficient (Wildman–Crippen LogP) is 2.57. The molecule has 1 heterocycles. The van der Waals surface area contributed by atoms with Gasteiger partial charge in [-0.15, -0.1) is 12.6 Å². The van der Waals surface area contributed by atoms with Gasteiger partial charge in [-0.1, -0.05) is 42.0 Å². The van der Waals surface area contributed by atoms with Gasteiger partial charge in [0.2, 0.25) is 5.78 Å². The summed E-state index contributed by atoms with van der Waals surface area (Å²) < 4.78 is 59.2. The summed E-state index contributed by atoms with van der Waals surface area (Å²) in [5.41, 5.74) is 3.90. The van der Waals surface area contributed by atoms with Gasteiger partial charge in [0.15, 0.2) is 5.82 Å². The first-order valence-corrected chi connectivity index (χ1v) is 13.0. The molecule has 0 spiro atoms. The van der Waals surface area contributed by atoms with Gasteiger partial charge in [-0.3, -0.25) is 14.1 Å². The molecule has 4 aromatic rings. The maximum Gasteiger partial charge on any atom is 0.425 e. The highest BCUT2D eigenvalue weighted by Crippen LogP contribution is 2.29. The molecule has 0 fully saturated rings. The van der Waals surface area contributed by atoms with Crippen molar-refractivity contribution >= 4 is 43.5 Å². The number of carbonyl (C=O) groups excluding carboxylic acids is 2. The lowest BCUT2D eigenvalue weighted by Crippen LogP contribution is -2.17. The quantitative estimate of drug-likeness (QED) is 0.243. The van der Waals surface area contributed by atoms with Gasteiger partial charge >= 0.3 is 10.6 Å². The predicted molar refractivity (Wildman–Crippen MR) is 134 cm³/mol. The third-order valence-electron chi connectivity index (χ3n) is 5.29. The molecule has 0 aliphatic heterocycles. The lowest BCUT2D eigenvalue weighted by molar-refractivity contribution is 0.0960. The molecule has 0 saturated carbocycles. The Balaban J connectivity index is 0.000000886. The number of rotatable bonds is 6. The van der Waals surface area contributed by atoms with Gasteiger partial charge in [-0.25, -0.2) is 4.98 Å². The minimum absolute atomic E-state index is 0.0927. The molecular weight excluding hydrogens is 522 g/mol. The Morgan fingerprint density at radius 2 is 1.65 bits per heavy atom. The number of fused-ring (bicyclic) bond motifs is 1. The first kappa shape index (κ1) is 27.4. The zero-order valence-electron chi connectivity index (χ0n) is 19.5. The van der Waals surface area contributed by atoms with Crippen molar-refractivity contribution in [2.45, 2.75) is 18.2 Å². The van der Waals surface area contributed by atoms with E-state index in [4.69, 9.17) is 12.6 Å². The second-order valence-electron chi connectivity index (χ2n) is 7.87. The summed E-state index contributed by atoms with van der Waals surface area (Å²) in [6, 6.07) is 16.6. The molecule has 3 aromatic carbocycles. The van der Waals surface area contributed by atoms with Crippen LogP contribution in [0.1, 0.15) is 32.1 Å². The van der Waals surface area contributed by atoms with Crippen LogP contribution in [-0.4, -0.2) is 54.3 Å². The Labute approximate surface area is 213 Å². The minimum atomic E-state index is -4.52. The number of carbonyl (C=O) groups is 2. The van der Waals surface area contributed by atoms with Crippen molar-refractivity contribution in [1.29, 1.82) is 0 Å². The van der Waals surface area contributed by atoms with Gasteiger partial charge in [0.25, 0.3) is 16.0 Å². The van der Waals surface area contributed by atoms with E-state index in [1.165, 1.54) is 13.1 Å². The van der Waals surface area contributed by atoms with Crippen molar-refractivity contribution in [2.75, 3.05) is 7.05 Å². The summed E-state index contributed by atoms with van der Waals surface area (Å²) in [7, 11) is -6.11. The van der Waals surface area contributed by atoms with Crippen LogP contribution in [-0.2, 0) is 27.1 Å². The molecule has 0 radical (unpaired) electrons. The SMILES string of the molecule is CNC(=O)c1ccc2nc(C(=O)Cc3ccc(-c4ccc(C)cc4)c(S(=O)(=O)O)c3)[nH]c2c1.O=S(=O)=O. The van der Waals surface area contributed by atoms with E-state index >= 15 is 0 Å². The fraction of sp³-hybridized carbons (Fsp3) is 0.125. The van der Waals surface area contributed by atoms with Crippen LogP contribution in [0.2, 0.25) is 0 Å². The average Bonchev–Trinajstić information content (AvgIpc) is 3.27. The van der Waals surface area contributed by atoms with Crippen molar-refractivity contribution in [3.63, 3.8) is 0 Å². The number of H-pyrrole nitrogens is 1. The van der Waals surface area contributed by atoms with E-state index in [1.807, 2.05) is 19.1 Å². The fourth-order valence-electron chi connectivity index (χ4n) is 3.56. The van der Waals surface area contributed by atoms with Crippen LogP contribution in [0, 0.1) is 6.92 Å². The number of amides is 1.